The van der Waals surface area contributed by atoms with Gasteiger partial charge < -0.3 is 10.0 Å². The summed E-state index contributed by atoms with van der Waals surface area (Å²) in [4.78, 5) is 28.8. The number of thioether (sulfide) groups is 2. The van der Waals surface area contributed by atoms with Crippen LogP contribution in [0.2, 0.25) is 5.02 Å². The predicted octanol–water partition coefficient (Wildman–Crippen LogP) is 10.2. The highest BCUT2D eigenvalue weighted by Crippen LogP contribution is 2.47. The number of fused-ring (bicyclic) bond motifs is 1. The third-order valence-corrected chi connectivity index (χ3v) is 10.2. The molecule has 3 rings (SSSR count). The van der Waals surface area contributed by atoms with Crippen LogP contribution in [-0.2, 0) is 9.59 Å². The maximum Gasteiger partial charge on any atom is 0.323 e. The van der Waals surface area contributed by atoms with Gasteiger partial charge in [0.25, 0.3) is 5.91 Å². The Morgan fingerprint density at radius 2 is 1.41 bits per heavy atom. The van der Waals surface area contributed by atoms with Crippen LogP contribution in [0, 0.1) is 0 Å². The summed E-state index contributed by atoms with van der Waals surface area (Å²) in [7, 11) is 0. The van der Waals surface area contributed by atoms with Gasteiger partial charge in [-0.15, -0.1) is 0 Å². The number of anilines is 1. The molecule has 1 amide bonds. The van der Waals surface area contributed by atoms with Gasteiger partial charge in [0.15, 0.2) is 0 Å². The van der Waals surface area contributed by atoms with Crippen molar-refractivity contribution in [1.29, 1.82) is 0 Å². The van der Waals surface area contributed by atoms with Crippen LogP contribution in [0.25, 0.3) is 0 Å². The lowest BCUT2D eigenvalue weighted by molar-refractivity contribution is -0.140. The molecule has 0 aliphatic carbocycles. The number of thiocarbonyl (C=S) groups is 1. The summed E-state index contributed by atoms with van der Waals surface area (Å²) in [5.41, 5.74) is 1.10. The topological polar surface area (TPSA) is 60.9 Å². The highest BCUT2D eigenvalue weighted by molar-refractivity contribution is 8.26. The van der Waals surface area contributed by atoms with Gasteiger partial charge in [0.2, 0.25) is 0 Å². The Hall–Kier alpha value is -1.48. The van der Waals surface area contributed by atoms with E-state index in [1.807, 2.05) is 24.3 Å². The first-order chi connectivity index (χ1) is 19.9. The third-order valence-electron chi connectivity index (χ3n) is 7.47. The van der Waals surface area contributed by atoms with Gasteiger partial charge >= 0.3 is 5.97 Å². The number of carboxylic acid groups (broad SMARTS) is 1. The first kappa shape index (κ1) is 34.0. The second kappa shape index (κ2) is 18.9. The summed E-state index contributed by atoms with van der Waals surface area (Å²) >= 11 is 14.4. The third kappa shape index (κ3) is 11.6. The van der Waals surface area contributed by atoms with E-state index in [4.69, 9.17) is 28.9 Å². The Morgan fingerprint density at radius 1 is 0.854 bits per heavy atom. The second-order valence-electron chi connectivity index (χ2n) is 10.9. The molecule has 0 aromatic heterocycles. The van der Waals surface area contributed by atoms with Crippen LogP contribution in [0.5, 0.6) is 0 Å². The number of unbranched alkanes of at least 4 members (excludes halogenated alkanes) is 15. The summed E-state index contributed by atoms with van der Waals surface area (Å²) in [6.45, 7) is 2.75. The van der Waals surface area contributed by atoms with E-state index in [2.05, 4.69) is 11.8 Å². The molecule has 41 heavy (non-hydrogen) atoms. The van der Waals surface area contributed by atoms with Gasteiger partial charge in [-0.2, -0.15) is 0 Å². The van der Waals surface area contributed by atoms with E-state index < -0.39 is 12.5 Å². The smallest absolute Gasteiger partial charge is 0.323 e. The largest absolute Gasteiger partial charge is 0.480 e. The van der Waals surface area contributed by atoms with Gasteiger partial charge in [0.05, 0.1) is 15.6 Å². The summed E-state index contributed by atoms with van der Waals surface area (Å²) < 4.78 is 0.279. The number of carbonyl (C=O) groups is 2. The van der Waals surface area contributed by atoms with Crippen molar-refractivity contribution in [3.8, 4) is 0 Å². The number of benzene rings is 1. The maximum atomic E-state index is 12.7. The SMILES string of the molecule is CCCCCCCCCCCCCCCCCCN1/C(=C\C=C2\SC(=S)N(CC(=O)O)C2=O)Sc2ccc(Cl)cc21. The van der Waals surface area contributed by atoms with Crippen LogP contribution in [-0.4, -0.2) is 39.3 Å². The second-order valence-corrected chi connectivity index (χ2v) is 14.0. The number of hydrogen-bond acceptors (Lipinski definition) is 6. The quantitative estimate of drug-likeness (QED) is 0.0868. The fourth-order valence-electron chi connectivity index (χ4n) is 5.18. The standard InChI is InChI=1S/C32H45ClN2O3S3/c1-2-3-4-5-6-7-8-9-10-11-12-13-14-15-16-17-22-34-26-23-25(33)18-19-27(26)40-29(34)21-20-28-31(38)35(24-30(36)37)32(39)41-28/h18-21,23H,2-17,22,24H2,1H3,(H,36,37)/b28-20+,29-21+. The van der Waals surface area contributed by atoms with Gasteiger partial charge in [0.1, 0.15) is 10.9 Å². The average molecular weight is 637 g/mol. The Kier molecular flexibility index (Phi) is 15.7. The molecule has 0 saturated carbocycles. The molecule has 1 aromatic rings. The number of allylic oxidation sites excluding steroid dienone is 2. The van der Waals surface area contributed by atoms with Crippen molar-refractivity contribution < 1.29 is 14.7 Å². The van der Waals surface area contributed by atoms with E-state index in [9.17, 15) is 9.59 Å². The van der Waals surface area contributed by atoms with Crippen molar-refractivity contribution in [2.75, 3.05) is 18.0 Å². The van der Waals surface area contributed by atoms with Crippen LogP contribution in [0.4, 0.5) is 5.69 Å². The number of aliphatic carboxylic acids is 1. The molecule has 0 radical (unpaired) electrons. The zero-order valence-corrected chi connectivity index (χ0v) is 27.6. The molecule has 0 unspecified atom stereocenters. The van der Waals surface area contributed by atoms with Crippen LogP contribution in [0.15, 0.2) is 45.2 Å². The van der Waals surface area contributed by atoms with Crippen molar-refractivity contribution in [2.24, 2.45) is 0 Å². The zero-order chi connectivity index (χ0) is 29.5. The van der Waals surface area contributed by atoms with Gasteiger partial charge in [-0.3, -0.25) is 14.5 Å². The van der Waals surface area contributed by atoms with Crippen LogP contribution in [0.3, 0.4) is 0 Å². The Bertz CT molecular complexity index is 1090. The van der Waals surface area contributed by atoms with Gasteiger partial charge in [-0.05, 0) is 36.8 Å². The molecule has 2 aliphatic rings. The molecule has 0 bridgehead atoms. The minimum Gasteiger partial charge on any atom is -0.480 e. The summed E-state index contributed by atoms with van der Waals surface area (Å²) in [5.74, 6) is -1.43. The van der Waals surface area contributed by atoms with Crippen LogP contribution >= 0.6 is 47.3 Å². The fourth-order valence-corrected chi connectivity index (χ4v) is 7.61. The van der Waals surface area contributed by atoms with Crippen molar-refractivity contribution in [3.05, 3.63) is 45.3 Å². The minimum absolute atomic E-state index is 0.279. The molecule has 226 valence electrons. The Balaban J connectivity index is 1.38. The molecule has 1 fully saturated rings. The molecule has 1 aromatic carbocycles. The molecule has 2 aliphatic heterocycles. The molecular formula is C32H45ClN2O3S3. The molecule has 5 nitrogen and oxygen atoms in total. The monoisotopic (exact) mass is 636 g/mol. The molecular weight excluding hydrogens is 592 g/mol. The van der Waals surface area contributed by atoms with E-state index in [-0.39, 0.29) is 10.2 Å². The van der Waals surface area contributed by atoms with E-state index in [1.165, 1.54) is 96.3 Å². The van der Waals surface area contributed by atoms with E-state index in [1.54, 1.807) is 17.8 Å². The fraction of sp³-hybridized carbons (Fsp3) is 0.594. The van der Waals surface area contributed by atoms with Crippen molar-refractivity contribution in [2.45, 2.75) is 115 Å². The Labute approximate surface area is 265 Å². The molecule has 1 saturated heterocycles. The maximum absolute atomic E-state index is 12.7. The minimum atomic E-state index is -1.08. The van der Waals surface area contributed by atoms with Crippen molar-refractivity contribution in [1.82, 2.24) is 4.90 Å². The zero-order valence-electron chi connectivity index (χ0n) is 24.4. The van der Waals surface area contributed by atoms with Gasteiger partial charge in [-0.25, -0.2) is 0 Å². The first-order valence-corrected chi connectivity index (χ1v) is 17.7. The molecule has 0 atom stereocenters. The number of nitrogens with zero attached hydrogens (tertiary/aromatic N) is 2. The van der Waals surface area contributed by atoms with Crippen LogP contribution in [0.1, 0.15) is 110 Å². The molecule has 1 N–H and O–H groups in total. The summed E-state index contributed by atoms with van der Waals surface area (Å²) in [5, 5.41) is 10.8. The lowest BCUT2D eigenvalue weighted by Crippen LogP contribution is -2.33. The highest BCUT2D eigenvalue weighted by Gasteiger charge is 2.33. The lowest BCUT2D eigenvalue weighted by atomic mass is 10.0. The number of hydrogen-bond donors (Lipinski definition) is 1. The van der Waals surface area contributed by atoms with Crippen LogP contribution < -0.4 is 4.90 Å². The summed E-state index contributed by atoms with van der Waals surface area (Å²) in [6, 6.07) is 5.94. The summed E-state index contributed by atoms with van der Waals surface area (Å²) in [6.07, 6.45) is 25.2. The molecule has 2 heterocycles. The van der Waals surface area contributed by atoms with E-state index >= 15 is 0 Å². The Morgan fingerprint density at radius 3 is 1.98 bits per heavy atom. The van der Waals surface area contributed by atoms with Crippen molar-refractivity contribution >= 4 is 69.2 Å². The molecule has 0 spiro atoms. The number of carboxylic acids is 1. The average Bonchev–Trinajstić information content (AvgIpc) is 3.42. The van der Waals surface area contributed by atoms with E-state index in [0.717, 1.165) is 45.2 Å². The highest BCUT2D eigenvalue weighted by atomic mass is 35.5. The van der Waals surface area contributed by atoms with Gasteiger partial charge in [0, 0.05) is 16.5 Å². The molecule has 9 heteroatoms. The number of carbonyl (C=O) groups excluding carboxylic acids is 1. The first-order valence-electron chi connectivity index (χ1n) is 15.3. The number of halogens is 1. The van der Waals surface area contributed by atoms with E-state index in [0.29, 0.717) is 9.93 Å². The number of amides is 1. The lowest BCUT2D eigenvalue weighted by Gasteiger charge is -2.20. The number of rotatable bonds is 20. The van der Waals surface area contributed by atoms with Gasteiger partial charge in [-0.1, -0.05) is 151 Å². The normalized spacial score (nSPS) is 16.9. The van der Waals surface area contributed by atoms with Crippen molar-refractivity contribution in [3.63, 3.8) is 0 Å². The predicted molar refractivity (Wildman–Crippen MR) is 180 cm³/mol.